The fourth-order valence-electron chi connectivity index (χ4n) is 4.55. The summed E-state index contributed by atoms with van der Waals surface area (Å²) in [6.45, 7) is 0. The van der Waals surface area contributed by atoms with E-state index < -0.39 is 5.60 Å². The maximum Gasteiger partial charge on any atom is 0.176 e. The fraction of sp³-hybridized carbons (Fsp3) is 0.0385. The summed E-state index contributed by atoms with van der Waals surface area (Å²) in [7, 11) is 0. The highest BCUT2D eigenvalue weighted by atomic mass is 35.5. The Morgan fingerprint density at radius 3 is 2.23 bits per heavy atom. The lowest BCUT2D eigenvalue weighted by Gasteiger charge is -2.26. The number of rotatable bonds is 2. The Balaban J connectivity index is 1.70. The predicted molar refractivity (Wildman–Crippen MR) is 120 cm³/mol. The van der Waals surface area contributed by atoms with Crippen molar-refractivity contribution in [2.75, 3.05) is 0 Å². The van der Waals surface area contributed by atoms with Gasteiger partial charge in [0.2, 0.25) is 0 Å². The summed E-state index contributed by atoms with van der Waals surface area (Å²) in [6, 6.07) is 31.6. The SMILES string of the molecule is OC1(c2ccccc2-c2ccc(Cl)cc2)c2ccccc2-n2c1nc1ccccc12. The molecule has 0 spiro atoms. The van der Waals surface area contributed by atoms with Crippen molar-refractivity contribution in [3.05, 3.63) is 119 Å². The van der Waals surface area contributed by atoms with E-state index in [0.717, 1.165) is 39.0 Å². The van der Waals surface area contributed by atoms with Gasteiger partial charge in [-0.1, -0.05) is 78.3 Å². The van der Waals surface area contributed by atoms with E-state index in [1.165, 1.54) is 0 Å². The highest BCUT2D eigenvalue weighted by molar-refractivity contribution is 6.30. The number of fused-ring (bicyclic) bond motifs is 5. The third-order valence-electron chi connectivity index (χ3n) is 5.89. The Kier molecular flexibility index (Phi) is 3.66. The first kappa shape index (κ1) is 17.5. The van der Waals surface area contributed by atoms with Crippen molar-refractivity contribution >= 4 is 22.6 Å². The number of para-hydroxylation sites is 3. The second-order valence-electron chi connectivity index (χ2n) is 7.54. The van der Waals surface area contributed by atoms with E-state index in [1.807, 2.05) is 97.1 Å². The van der Waals surface area contributed by atoms with Gasteiger partial charge in [0.1, 0.15) is 0 Å². The Morgan fingerprint density at radius 2 is 1.40 bits per heavy atom. The molecule has 2 heterocycles. The Bertz CT molecular complexity index is 1420. The van der Waals surface area contributed by atoms with Crippen LogP contribution in [0.25, 0.3) is 27.8 Å². The van der Waals surface area contributed by atoms with Gasteiger partial charge in [-0.05, 0) is 41.5 Å². The van der Waals surface area contributed by atoms with Crippen LogP contribution in [0.3, 0.4) is 0 Å². The molecule has 1 atom stereocenters. The lowest BCUT2D eigenvalue weighted by Crippen LogP contribution is -2.28. The van der Waals surface area contributed by atoms with Crippen molar-refractivity contribution in [3.63, 3.8) is 0 Å². The van der Waals surface area contributed by atoms with E-state index in [2.05, 4.69) is 4.57 Å². The van der Waals surface area contributed by atoms with Gasteiger partial charge in [0.25, 0.3) is 0 Å². The van der Waals surface area contributed by atoms with E-state index in [9.17, 15) is 5.11 Å². The van der Waals surface area contributed by atoms with E-state index in [4.69, 9.17) is 16.6 Å². The monoisotopic (exact) mass is 408 g/mol. The van der Waals surface area contributed by atoms with Gasteiger partial charge in [0.15, 0.2) is 11.4 Å². The molecular weight excluding hydrogens is 392 g/mol. The van der Waals surface area contributed by atoms with Crippen LogP contribution in [-0.4, -0.2) is 14.7 Å². The summed E-state index contributed by atoms with van der Waals surface area (Å²) in [6.07, 6.45) is 0. The predicted octanol–water partition coefficient (Wildman–Crippen LogP) is 5.94. The minimum atomic E-state index is -1.37. The van der Waals surface area contributed by atoms with E-state index >= 15 is 0 Å². The van der Waals surface area contributed by atoms with E-state index in [0.29, 0.717) is 10.8 Å². The first-order valence-corrected chi connectivity index (χ1v) is 10.2. The van der Waals surface area contributed by atoms with Crippen LogP contribution in [0.4, 0.5) is 0 Å². The molecule has 0 fully saturated rings. The molecular formula is C26H17ClN2O. The van der Waals surface area contributed by atoms with Crippen molar-refractivity contribution in [1.82, 2.24) is 9.55 Å². The number of aliphatic hydroxyl groups is 1. The second kappa shape index (κ2) is 6.30. The van der Waals surface area contributed by atoms with Gasteiger partial charge in [-0.15, -0.1) is 0 Å². The summed E-state index contributed by atoms with van der Waals surface area (Å²) in [5.41, 5.74) is 5.01. The third-order valence-corrected chi connectivity index (χ3v) is 6.14. The molecule has 4 heteroatoms. The van der Waals surface area contributed by atoms with Crippen LogP contribution in [0.15, 0.2) is 97.1 Å². The second-order valence-corrected chi connectivity index (χ2v) is 7.98. The molecule has 30 heavy (non-hydrogen) atoms. The maximum absolute atomic E-state index is 12.4. The average Bonchev–Trinajstić information content (AvgIpc) is 3.29. The molecule has 0 aliphatic carbocycles. The Morgan fingerprint density at radius 1 is 0.733 bits per heavy atom. The highest BCUT2D eigenvalue weighted by Gasteiger charge is 2.47. The zero-order valence-corrected chi connectivity index (χ0v) is 16.7. The van der Waals surface area contributed by atoms with Gasteiger partial charge < -0.3 is 5.11 Å². The molecule has 0 radical (unpaired) electrons. The fourth-order valence-corrected chi connectivity index (χ4v) is 4.68. The summed E-state index contributed by atoms with van der Waals surface area (Å²) < 4.78 is 2.07. The minimum absolute atomic E-state index is 0.617. The molecule has 0 saturated heterocycles. The van der Waals surface area contributed by atoms with Crippen molar-refractivity contribution in [2.24, 2.45) is 0 Å². The zero-order chi connectivity index (χ0) is 20.3. The van der Waals surface area contributed by atoms with Crippen molar-refractivity contribution in [2.45, 2.75) is 5.60 Å². The molecule has 1 unspecified atom stereocenters. The summed E-state index contributed by atoms with van der Waals surface area (Å²) >= 11 is 6.11. The van der Waals surface area contributed by atoms with Gasteiger partial charge in [0.05, 0.1) is 16.7 Å². The van der Waals surface area contributed by atoms with Gasteiger partial charge >= 0.3 is 0 Å². The summed E-state index contributed by atoms with van der Waals surface area (Å²) in [4.78, 5) is 4.88. The van der Waals surface area contributed by atoms with Crippen LogP contribution < -0.4 is 0 Å². The third kappa shape index (κ3) is 2.28. The minimum Gasteiger partial charge on any atom is -0.373 e. The molecule has 1 aliphatic heterocycles. The van der Waals surface area contributed by atoms with Crippen LogP contribution in [-0.2, 0) is 5.60 Å². The number of aromatic nitrogens is 2. The number of nitrogens with zero attached hydrogens (tertiary/aromatic N) is 2. The van der Waals surface area contributed by atoms with Crippen LogP contribution >= 0.6 is 11.6 Å². The molecule has 5 aromatic rings. The molecule has 0 bridgehead atoms. The molecule has 144 valence electrons. The van der Waals surface area contributed by atoms with Crippen LogP contribution in [0.1, 0.15) is 17.0 Å². The van der Waals surface area contributed by atoms with Crippen molar-refractivity contribution in [3.8, 4) is 16.8 Å². The van der Waals surface area contributed by atoms with Gasteiger partial charge in [0, 0.05) is 16.1 Å². The Labute approximate surface area is 178 Å². The lowest BCUT2D eigenvalue weighted by atomic mass is 9.82. The molecule has 1 aromatic heterocycles. The summed E-state index contributed by atoms with van der Waals surface area (Å²) in [5, 5.41) is 13.0. The molecule has 1 aliphatic rings. The Hall–Kier alpha value is -3.40. The smallest absolute Gasteiger partial charge is 0.176 e. The van der Waals surface area contributed by atoms with Crippen molar-refractivity contribution < 1.29 is 5.11 Å². The van der Waals surface area contributed by atoms with Crippen molar-refractivity contribution in [1.29, 1.82) is 0 Å². The number of imidazole rings is 1. The normalized spacial score (nSPS) is 17.1. The average molecular weight is 409 g/mol. The quantitative estimate of drug-likeness (QED) is 0.392. The maximum atomic E-state index is 12.4. The molecule has 0 amide bonds. The first-order valence-electron chi connectivity index (χ1n) is 9.83. The molecule has 4 aromatic carbocycles. The molecule has 3 nitrogen and oxygen atoms in total. The lowest BCUT2D eigenvalue weighted by molar-refractivity contribution is 0.123. The number of benzene rings is 4. The number of halogens is 1. The van der Waals surface area contributed by atoms with E-state index in [1.54, 1.807) is 0 Å². The van der Waals surface area contributed by atoms with Crippen LogP contribution in [0.5, 0.6) is 0 Å². The number of hydrogen-bond acceptors (Lipinski definition) is 2. The van der Waals surface area contributed by atoms with Gasteiger partial charge in [-0.25, -0.2) is 4.98 Å². The molecule has 0 saturated carbocycles. The van der Waals surface area contributed by atoms with Crippen LogP contribution in [0, 0.1) is 0 Å². The molecule has 6 rings (SSSR count). The first-order chi connectivity index (χ1) is 14.7. The zero-order valence-electron chi connectivity index (χ0n) is 16.0. The topological polar surface area (TPSA) is 38.0 Å². The highest BCUT2D eigenvalue weighted by Crippen LogP contribution is 2.49. The van der Waals surface area contributed by atoms with Gasteiger partial charge in [-0.2, -0.15) is 0 Å². The van der Waals surface area contributed by atoms with Crippen LogP contribution in [0.2, 0.25) is 5.02 Å². The van der Waals surface area contributed by atoms with E-state index in [-0.39, 0.29) is 0 Å². The number of hydrogen-bond donors (Lipinski definition) is 1. The standard InChI is InChI=1S/C26H17ClN2O/c27-18-15-13-17(14-16-18)19-7-1-2-8-20(19)26(30)21-9-3-5-11-23(21)29-24-12-6-4-10-22(24)28-25(26)29/h1-16,30H. The van der Waals surface area contributed by atoms with Gasteiger partial charge in [-0.3, -0.25) is 4.57 Å². The summed E-state index contributed by atoms with van der Waals surface area (Å²) in [5.74, 6) is 0.617. The molecule has 1 N–H and O–H groups in total. The largest absolute Gasteiger partial charge is 0.373 e.